The zero-order chi connectivity index (χ0) is 17.9. The zero-order valence-electron chi connectivity index (χ0n) is 14.7. The summed E-state index contributed by atoms with van der Waals surface area (Å²) in [6.07, 6.45) is 7.83. The maximum Gasteiger partial charge on any atom is 0.336 e. The van der Waals surface area contributed by atoms with Crippen molar-refractivity contribution in [3.05, 3.63) is 34.7 Å². The molecule has 0 radical (unpaired) electrons. The average molecular weight is 369 g/mol. The van der Waals surface area contributed by atoms with Crippen LogP contribution in [0.3, 0.4) is 0 Å². The van der Waals surface area contributed by atoms with Gasteiger partial charge in [0.2, 0.25) is 0 Å². The second-order valence-corrected chi connectivity index (χ2v) is 9.71. The highest BCUT2D eigenvalue weighted by Gasteiger charge is 2.50. The van der Waals surface area contributed by atoms with Crippen molar-refractivity contribution < 1.29 is 14.7 Å². The minimum Gasteiger partial charge on any atom is -0.478 e. The van der Waals surface area contributed by atoms with Crippen molar-refractivity contribution in [3.63, 3.8) is 0 Å². The summed E-state index contributed by atoms with van der Waals surface area (Å²) in [6, 6.07) is 5.25. The van der Waals surface area contributed by atoms with Gasteiger partial charge in [-0.1, -0.05) is 0 Å². The van der Waals surface area contributed by atoms with E-state index in [9.17, 15) is 14.7 Å². The van der Waals surface area contributed by atoms with E-state index in [-0.39, 0.29) is 22.4 Å². The molecule has 4 fully saturated rings. The highest BCUT2D eigenvalue weighted by molar-refractivity contribution is 7.17. The van der Waals surface area contributed by atoms with E-state index in [4.69, 9.17) is 0 Å². The Balaban J connectivity index is 1.38. The number of hydrogen-bond donors (Lipinski definition) is 2. The molecule has 4 aliphatic carbocycles. The van der Waals surface area contributed by atoms with Gasteiger partial charge >= 0.3 is 5.97 Å². The number of amides is 1. The lowest BCUT2D eigenvalue weighted by Crippen LogP contribution is -2.51. The fraction of sp³-hybridized carbons (Fsp3) is 0.524. The summed E-state index contributed by atoms with van der Waals surface area (Å²) >= 11 is 1.53. The van der Waals surface area contributed by atoms with Gasteiger partial charge in [0.15, 0.2) is 0 Å². The first-order chi connectivity index (χ1) is 12.5. The van der Waals surface area contributed by atoms with Gasteiger partial charge in [0, 0.05) is 11.2 Å². The number of hydrogen-bond acceptors (Lipinski definition) is 3. The number of carboxylic acid groups (broad SMARTS) is 1. The number of benzene rings is 1. The van der Waals surface area contributed by atoms with Crippen LogP contribution in [0.2, 0.25) is 0 Å². The second kappa shape index (κ2) is 5.81. The van der Waals surface area contributed by atoms with Crippen molar-refractivity contribution in [1.29, 1.82) is 0 Å². The van der Waals surface area contributed by atoms with E-state index in [1.165, 1.54) is 49.9 Å². The van der Waals surface area contributed by atoms with E-state index >= 15 is 0 Å². The van der Waals surface area contributed by atoms with Gasteiger partial charge < -0.3 is 10.4 Å². The SMILES string of the molecule is O=C(O)c1cc2ccsc2cc1C(=O)NCC12CC3CC(CC(C3)C1)C2. The topological polar surface area (TPSA) is 66.4 Å². The molecule has 4 bridgehead atoms. The standard InChI is InChI=1S/C21H23NO3S/c23-19(16-7-18-15(1-2-26-18)6-17(16)20(24)25)22-11-21-8-12-3-13(9-21)5-14(4-12)10-21/h1-2,6-7,12-14H,3-5,8-11H2,(H,22,23)(H,24,25). The number of carbonyl (C=O) groups is 2. The van der Waals surface area contributed by atoms with Crippen LogP contribution in [0.1, 0.15) is 59.2 Å². The third-order valence-electron chi connectivity index (χ3n) is 6.86. The first-order valence-corrected chi connectivity index (χ1v) is 10.4. The first-order valence-electron chi connectivity index (χ1n) is 9.54. The number of carbonyl (C=O) groups excluding carboxylic acids is 1. The molecule has 0 unspecified atom stereocenters. The maximum absolute atomic E-state index is 12.9. The molecule has 1 heterocycles. The molecule has 5 heteroatoms. The molecule has 1 aromatic heterocycles. The van der Waals surface area contributed by atoms with Crippen LogP contribution in [-0.2, 0) is 0 Å². The van der Waals surface area contributed by atoms with E-state index in [1.807, 2.05) is 11.4 Å². The molecule has 0 spiro atoms. The summed E-state index contributed by atoms with van der Waals surface area (Å²) in [7, 11) is 0. The van der Waals surface area contributed by atoms with E-state index < -0.39 is 5.97 Å². The summed E-state index contributed by atoms with van der Waals surface area (Å²) in [5.74, 6) is 1.24. The average Bonchev–Trinajstić information content (AvgIpc) is 3.05. The molecule has 1 aromatic carbocycles. The van der Waals surface area contributed by atoms with Gasteiger partial charge in [-0.25, -0.2) is 4.79 Å². The third kappa shape index (κ3) is 2.64. The quantitative estimate of drug-likeness (QED) is 0.831. The van der Waals surface area contributed by atoms with Crippen molar-refractivity contribution in [2.24, 2.45) is 23.2 Å². The summed E-state index contributed by atoms with van der Waals surface area (Å²) in [5.41, 5.74) is 0.636. The monoisotopic (exact) mass is 369 g/mol. The molecular formula is C21H23NO3S. The second-order valence-electron chi connectivity index (χ2n) is 8.76. The fourth-order valence-corrected chi connectivity index (χ4v) is 7.05. The van der Waals surface area contributed by atoms with Gasteiger partial charge in [-0.15, -0.1) is 11.3 Å². The van der Waals surface area contributed by atoms with E-state index in [1.54, 1.807) is 12.1 Å². The number of aromatic carboxylic acids is 1. The van der Waals surface area contributed by atoms with Gasteiger partial charge in [0.1, 0.15) is 0 Å². The Hall–Kier alpha value is -1.88. The van der Waals surface area contributed by atoms with E-state index in [0.717, 1.165) is 27.8 Å². The van der Waals surface area contributed by atoms with Crippen molar-refractivity contribution in [2.45, 2.75) is 38.5 Å². The molecule has 2 N–H and O–H groups in total. The minimum absolute atomic E-state index is 0.0962. The summed E-state index contributed by atoms with van der Waals surface area (Å²) < 4.78 is 0.954. The Labute approximate surface area is 156 Å². The van der Waals surface area contributed by atoms with Gasteiger partial charge in [-0.3, -0.25) is 4.79 Å². The van der Waals surface area contributed by atoms with Crippen LogP contribution < -0.4 is 5.32 Å². The van der Waals surface area contributed by atoms with Crippen molar-refractivity contribution in [1.82, 2.24) is 5.32 Å². The van der Waals surface area contributed by atoms with Crippen LogP contribution in [-0.4, -0.2) is 23.5 Å². The summed E-state index contributed by atoms with van der Waals surface area (Å²) in [6.45, 7) is 0.691. The van der Waals surface area contributed by atoms with Crippen molar-refractivity contribution in [3.8, 4) is 0 Å². The highest BCUT2D eigenvalue weighted by Crippen LogP contribution is 2.59. The Morgan fingerprint density at radius 1 is 1.08 bits per heavy atom. The van der Waals surface area contributed by atoms with Crippen LogP contribution in [0.5, 0.6) is 0 Å². The molecule has 26 heavy (non-hydrogen) atoms. The smallest absolute Gasteiger partial charge is 0.336 e. The van der Waals surface area contributed by atoms with Crippen LogP contribution in [0.15, 0.2) is 23.6 Å². The number of thiophene rings is 1. The predicted octanol–water partition coefficient (Wildman–Crippen LogP) is 4.55. The van der Waals surface area contributed by atoms with Crippen LogP contribution in [0.4, 0.5) is 0 Å². The lowest BCUT2D eigenvalue weighted by atomic mass is 9.49. The molecule has 4 aliphatic rings. The molecule has 136 valence electrons. The molecular weight excluding hydrogens is 346 g/mol. The fourth-order valence-electron chi connectivity index (χ4n) is 6.24. The maximum atomic E-state index is 12.9. The van der Waals surface area contributed by atoms with Crippen LogP contribution >= 0.6 is 11.3 Å². The Morgan fingerprint density at radius 3 is 2.35 bits per heavy atom. The van der Waals surface area contributed by atoms with Crippen LogP contribution in [0, 0.1) is 23.2 Å². The Morgan fingerprint density at radius 2 is 1.73 bits per heavy atom. The molecule has 2 aromatic rings. The lowest BCUT2D eigenvalue weighted by Gasteiger charge is -2.56. The summed E-state index contributed by atoms with van der Waals surface area (Å²) in [5, 5.41) is 15.4. The van der Waals surface area contributed by atoms with Gasteiger partial charge in [-0.05, 0) is 90.7 Å². The molecule has 4 nitrogen and oxygen atoms in total. The van der Waals surface area contributed by atoms with Gasteiger partial charge in [-0.2, -0.15) is 0 Å². The normalized spacial score (nSPS) is 32.1. The molecule has 1 amide bonds. The predicted molar refractivity (Wildman–Crippen MR) is 102 cm³/mol. The number of rotatable bonds is 4. The molecule has 4 saturated carbocycles. The van der Waals surface area contributed by atoms with E-state index in [0.29, 0.717) is 6.54 Å². The van der Waals surface area contributed by atoms with E-state index in [2.05, 4.69) is 5.32 Å². The lowest BCUT2D eigenvalue weighted by molar-refractivity contribution is -0.0503. The van der Waals surface area contributed by atoms with Gasteiger partial charge in [0.25, 0.3) is 5.91 Å². The first kappa shape index (κ1) is 16.3. The van der Waals surface area contributed by atoms with Crippen LogP contribution in [0.25, 0.3) is 10.1 Å². The van der Waals surface area contributed by atoms with Crippen molar-refractivity contribution >= 4 is 33.3 Å². The Kier molecular flexibility index (Phi) is 3.64. The summed E-state index contributed by atoms with van der Waals surface area (Å²) in [4.78, 5) is 24.5. The molecule has 0 aliphatic heterocycles. The van der Waals surface area contributed by atoms with Gasteiger partial charge in [0.05, 0.1) is 11.1 Å². The number of nitrogens with one attached hydrogen (secondary N) is 1. The zero-order valence-corrected chi connectivity index (χ0v) is 15.5. The molecule has 6 rings (SSSR count). The molecule has 0 saturated heterocycles. The largest absolute Gasteiger partial charge is 0.478 e. The molecule has 0 atom stereocenters. The minimum atomic E-state index is -1.04. The Bertz CT molecular complexity index is 865. The number of fused-ring (bicyclic) bond motifs is 1. The van der Waals surface area contributed by atoms with Crippen molar-refractivity contribution in [2.75, 3.05) is 6.54 Å². The highest BCUT2D eigenvalue weighted by atomic mass is 32.1. The number of carboxylic acids is 1. The third-order valence-corrected chi connectivity index (χ3v) is 7.74.